The molecule has 1 fully saturated rings. The van der Waals surface area contributed by atoms with E-state index in [0.29, 0.717) is 27.9 Å². The van der Waals surface area contributed by atoms with Crippen LogP contribution in [0.4, 0.5) is 5.69 Å². The van der Waals surface area contributed by atoms with E-state index in [-0.39, 0.29) is 47.9 Å². The van der Waals surface area contributed by atoms with Crippen molar-refractivity contribution in [1.29, 1.82) is 0 Å². The van der Waals surface area contributed by atoms with Crippen LogP contribution in [0.5, 0.6) is 28.7 Å². The van der Waals surface area contributed by atoms with E-state index in [9.17, 15) is 24.9 Å². The molecule has 0 radical (unpaired) electrons. The Labute approximate surface area is 224 Å². The van der Waals surface area contributed by atoms with Crippen molar-refractivity contribution in [2.24, 2.45) is 11.8 Å². The quantitative estimate of drug-likeness (QED) is 0.258. The van der Waals surface area contributed by atoms with Gasteiger partial charge in [0.1, 0.15) is 0 Å². The number of esters is 2. The standard InChI is InChI=1S/C29H29NO9/c1-4-38-28(34)14-5-7-16(8-6-14)30-26-18-12-21(32)20(31)11-17(18)24(25-19(26)13-39-29(25)35)15-9-22(36-2)27(33)23(10-15)37-3/h5-12,19,24-26,30-33H,4,13H2,1-3H3/t19-,24+,25-,26+/m0/s1. The maximum absolute atomic E-state index is 13.2. The van der Waals surface area contributed by atoms with Crippen molar-refractivity contribution >= 4 is 17.6 Å². The van der Waals surface area contributed by atoms with Gasteiger partial charge in [0, 0.05) is 17.5 Å². The molecule has 10 nitrogen and oxygen atoms in total. The number of phenols is 3. The molecule has 3 aromatic carbocycles. The normalized spacial score (nSPS) is 21.4. The van der Waals surface area contributed by atoms with Crippen LogP contribution in [-0.2, 0) is 14.3 Å². The van der Waals surface area contributed by atoms with Crippen LogP contribution in [0.3, 0.4) is 0 Å². The van der Waals surface area contributed by atoms with Gasteiger partial charge >= 0.3 is 11.9 Å². The lowest BCUT2D eigenvalue weighted by atomic mass is 9.65. The number of methoxy groups -OCH3 is 2. The molecule has 1 aliphatic heterocycles. The molecule has 204 valence electrons. The Morgan fingerprint density at radius 2 is 1.59 bits per heavy atom. The van der Waals surface area contributed by atoms with Gasteiger partial charge in [-0.15, -0.1) is 0 Å². The molecule has 0 bridgehead atoms. The van der Waals surface area contributed by atoms with Crippen LogP contribution in [-0.4, -0.2) is 54.7 Å². The molecular weight excluding hydrogens is 506 g/mol. The molecule has 1 heterocycles. The smallest absolute Gasteiger partial charge is 0.338 e. The fourth-order valence-electron chi connectivity index (χ4n) is 5.57. The monoisotopic (exact) mass is 535 g/mol. The Kier molecular flexibility index (Phi) is 6.86. The molecule has 5 rings (SSSR count). The molecule has 10 heteroatoms. The van der Waals surface area contributed by atoms with Gasteiger partial charge in [0.2, 0.25) is 5.75 Å². The summed E-state index contributed by atoms with van der Waals surface area (Å²) in [6, 6.07) is 12.5. The van der Waals surface area contributed by atoms with Crippen LogP contribution in [0.15, 0.2) is 48.5 Å². The number of nitrogens with one attached hydrogen (secondary N) is 1. The molecular formula is C29H29NO9. The number of aromatic hydroxyl groups is 3. The molecule has 4 N–H and O–H groups in total. The van der Waals surface area contributed by atoms with Crippen LogP contribution in [0, 0.1) is 11.8 Å². The summed E-state index contributed by atoms with van der Waals surface area (Å²) in [6.45, 7) is 2.14. The summed E-state index contributed by atoms with van der Waals surface area (Å²) in [5.41, 5.74) is 2.95. The van der Waals surface area contributed by atoms with E-state index in [1.165, 1.54) is 26.4 Å². The van der Waals surface area contributed by atoms with Gasteiger partial charge in [-0.1, -0.05) is 0 Å². The molecule has 0 unspecified atom stereocenters. The third-order valence-electron chi connectivity index (χ3n) is 7.37. The van der Waals surface area contributed by atoms with Crippen molar-refractivity contribution in [2.45, 2.75) is 18.9 Å². The molecule has 4 atom stereocenters. The predicted octanol–water partition coefficient (Wildman–Crippen LogP) is 4.09. The average molecular weight is 536 g/mol. The van der Waals surface area contributed by atoms with Crippen LogP contribution >= 0.6 is 0 Å². The van der Waals surface area contributed by atoms with E-state index >= 15 is 0 Å². The molecule has 1 saturated heterocycles. The van der Waals surface area contributed by atoms with Gasteiger partial charge in [-0.3, -0.25) is 4.79 Å². The highest BCUT2D eigenvalue weighted by Crippen LogP contribution is 2.55. The summed E-state index contributed by atoms with van der Waals surface area (Å²) in [7, 11) is 2.83. The maximum atomic E-state index is 13.2. The lowest BCUT2D eigenvalue weighted by Gasteiger charge is -2.40. The number of benzene rings is 3. The number of carbonyl (C=O) groups excluding carboxylic acids is 2. The third-order valence-corrected chi connectivity index (χ3v) is 7.37. The molecule has 3 aromatic rings. The van der Waals surface area contributed by atoms with Gasteiger partial charge in [0.05, 0.1) is 45.0 Å². The van der Waals surface area contributed by atoms with Crippen LogP contribution < -0.4 is 14.8 Å². The second-order valence-electron chi connectivity index (χ2n) is 9.46. The molecule has 39 heavy (non-hydrogen) atoms. The average Bonchev–Trinajstić information content (AvgIpc) is 3.31. The number of ether oxygens (including phenoxy) is 4. The Bertz CT molecular complexity index is 1390. The van der Waals surface area contributed by atoms with Gasteiger partial charge in [0.25, 0.3) is 0 Å². The zero-order valence-electron chi connectivity index (χ0n) is 21.6. The second kappa shape index (κ2) is 10.3. The first-order chi connectivity index (χ1) is 18.8. The zero-order chi connectivity index (χ0) is 27.8. The molecule has 0 aromatic heterocycles. The maximum Gasteiger partial charge on any atom is 0.338 e. The van der Waals surface area contributed by atoms with E-state index in [0.717, 1.165) is 0 Å². The topological polar surface area (TPSA) is 144 Å². The number of rotatable bonds is 7. The van der Waals surface area contributed by atoms with Crippen LogP contribution in [0.2, 0.25) is 0 Å². The molecule has 2 aliphatic rings. The Hall–Kier alpha value is -4.60. The fourth-order valence-corrected chi connectivity index (χ4v) is 5.57. The SMILES string of the molecule is CCOC(=O)c1ccc(N[C@@H]2c3cc(O)c(O)cc3[C@@H](c3cc(OC)c(O)c(OC)c3)[C@H]3C(=O)OC[C@@H]32)cc1. The van der Waals surface area contributed by atoms with Crippen LogP contribution in [0.25, 0.3) is 0 Å². The van der Waals surface area contributed by atoms with Crippen molar-refractivity contribution in [3.05, 3.63) is 70.8 Å². The first-order valence-corrected chi connectivity index (χ1v) is 12.5. The lowest BCUT2D eigenvalue weighted by molar-refractivity contribution is -0.141. The van der Waals surface area contributed by atoms with Gasteiger partial charge in [-0.2, -0.15) is 0 Å². The number of anilines is 1. The number of phenolic OH excluding ortho intramolecular Hbond substituents is 3. The van der Waals surface area contributed by atoms with E-state index in [4.69, 9.17) is 18.9 Å². The van der Waals surface area contributed by atoms with Gasteiger partial charge in [-0.25, -0.2) is 4.79 Å². The Morgan fingerprint density at radius 1 is 0.974 bits per heavy atom. The number of fused-ring (bicyclic) bond motifs is 2. The van der Waals surface area contributed by atoms with Crippen molar-refractivity contribution in [2.75, 3.05) is 32.8 Å². The molecule has 1 aliphatic carbocycles. The molecule has 0 saturated carbocycles. The highest BCUT2D eigenvalue weighted by atomic mass is 16.5. The number of hydrogen-bond donors (Lipinski definition) is 4. The first-order valence-electron chi connectivity index (χ1n) is 12.5. The Morgan fingerprint density at radius 3 is 2.18 bits per heavy atom. The zero-order valence-corrected chi connectivity index (χ0v) is 21.6. The van der Waals surface area contributed by atoms with Gasteiger partial charge < -0.3 is 39.6 Å². The van der Waals surface area contributed by atoms with Gasteiger partial charge in [-0.05, 0) is 72.1 Å². The summed E-state index contributed by atoms with van der Waals surface area (Å²) < 4.78 is 21.3. The minimum atomic E-state index is -0.656. The van der Waals surface area contributed by atoms with Crippen molar-refractivity contribution < 1.29 is 43.9 Å². The van der Waals surface area contributed by atoms with Crippen molar-refractivity contribution in [1.82, 2.24) is 0 Å². The summed E-state index contributed by atoms with van der Waals surface area (Å²) >= 11 is 0. The summed E-state index contributed by atoms with van der Waals surface area (Å²) in [6.07, 6.45) is 0. The summed E-state index contributed by atoms with van der Waals surface area (Å²) in [5, 5.41) is 34.8. The highest BCUT2D eigenvalue weighted by molar-refractivity contribution is 5.89. The van der Waals surface area contributed by atoms with E-state index in [2.05, 4.69) is 5.32 Å². The van der Waals surface area contributed by atoms with Crippen LogP contribution in [0.1, 0.15) is 45.9 Å². The predicted molar refractivity (Wildman–Crippen MR) is 140 cm³/mol. The molecule has 0 spiro atoms. The number of carbonyl (C=O) groups is 2. The van der Waals surface area contributed by atoms with Crippen molar-refractivity contribution in [3.8, 4) is 28.7 Å². The minimum absolute atomic E-state index is 0.131. The third kappa shape index (κ3) is 4.52. The summed E-state index contributed by atoms with van der Waals surface area (Å²) in [5.74, 6) is -2.92. The van der Waals surface area contributed by atoms with Crippen molar-refractivity contribution in [3.63, 3.8) is 0 Å². The summed E-state index contributed by atoms with van der Waals surface area (Å²) in [4.78, 5) is 25.3. The Balaban J connectivity index is 1.62. The minimum Gasteiger partial charge on any atom is -0.504 e. The largest absolute Gasteiger partial charge is 0.504 e. The molecule has 0 amide bonds. The van der Waals surface area contributed by atoms with E-state index in [1.54, 1.807) is 43.3 Å². The van der Waals surface area contributed by atoms with E-state index in [1.807, 2.05) is 0 Å². The first kappa shape index (κ1) is 26.0. The lowest BCUT2D eigenvalue weighted by Crippen LogP contribution is -2.37. The van der Waals surface area contributed by atoms with E-state index < -0.39 is 29.8 Å². The second-order valence-corrected chi connectivity index (χ2v) is 9.46. The fraction of sp³-hybridized carbons (Fsp3) is 0.310. The van der Waals surface area contributed by atoms with Gasteiger partial charge in [0.15, 0.2) is 23.0 Å². The number of hydrogen-bond acceptors (Lipinski definition) is 10. The highest BCUT2D eigenvalue weighted by Gasteiger charge is 2.52. The number of cyclic esters (lactones) is 1.